The largest absolute Gasteiger partial charge is 0.313 e. The van der Waals surface area contributed by atoms with Crippen molar-refractivity contribution in [1.82, 2.24) is 4.57 Å². The van der Waals surface area contributed by atoms with Gasteiger partial charge < -0.3 is 4.57 Å². The molecule has 0 N–H and O–H groups in total. The lowest BCUT2D eigenvalue weighted by Crippen LogP contribution is -1.99. The first-order chi connectivity index (χ1) is 14.3. The molecular weight excluding hydrogens is 350 g/mol. The van der Waals surface area contributed by atoms with Crippen LogP contribution in [0.3, 0.4) is 0 Å². The van der Waals surface area contributed by atoms with E-state index in [-0.39, 0.29) is 0 Å². The molecule has 0 unspecified atom stereocenters. The quantitative estimate of drug-likeness (QED) is 0.304. The molecular formula is C28H21N. The van der Waals surface area contributed by atoms with Crippen LogP contribution in [0, 0.1) is 6.92 Å². The maximum absolute atomic E-state index is 2.44. The molecule has 0 saturated carbocycles. The number of benzene rings is 4. The minimum absolute atomic E-state index is 0.966. The molecule has 1 aromatic heterocycles. The average molecular weight is 371 g/mol. The van der Waals surface area contributed by atoms with Gasteiger partial charge in [-0.2, -0.15) is 0 Å². The van der Waals surface area contributed by atoms with Crippen molar-refractivity contribution in [2.24, 2.45) is 0 Å². The number of aromatic nitrogens is 1. The number of rotatable bonds is 2. The third kappa shape index (κ3) is 2.48. The van der Waals surface area contributed by atoms with Crippen molar-refractivity contribution in [2.75, 3.05) is 0 Å². The van der Waals surface area contributed by atoms with E-state index in [0.717, 1.165) is 6.42 Å². The third-order valence-corrected chi connectivity index (χ3v) is 6.10. The summed E-state index contributed by atoms with van der Waals surface area (Å²) in [6.45, 7) is 2.14. The predicted molar refractivity (Wildman–Crippen MR) is 122 cm³/mol. The first-order valence-corrected chi connectivity index (χ1v) is 10.2. The van der Waals surface area contributed by atoms with Crippen LogP contribution in [0.1, 0.15) is 16.8 Å². The molecule has 0 fully saturated rings. The molecule has 6 rings (SSSR count). The van der Waals surface area contributed by atoms with E-state index < -0.39 is 0 Å². The molecule has 1 aliphatic rings. The highest BCUT2D eigenvalue weighted by molar-refractivity contribution is 6.02. The summed E-state index contributed by atoms with van der Waals surface area (Å²) >= 11 is 0. The molecule has 0 saturated heterocycles. The Kier molecular flexibility index (Phi) is 3.51. The van der Waals surface area contributed by atoms with E-state index in [1.165, 1.54) is 55.7 Å². The van der Waals surface area contributed by atoms with E-state index in [9.17, 15) is 0 Å². The van der Waals surface area contributed by atoms with Crippen molar-refractivity contribution in [3.63, 3.8) is 0 Å². The minimum Gasteiger partial charge on any atom is -0.313 e. The van der Waals surface area contributed by atoms with Gasteiger partial charge in [-0.05, 0) is 47.4 Å². The van der Waals surface area contributed by atoms with E-state index in [2.05, 4.69) is 109 Å². The molecule has 5 aromatic rings. The Hall–Kier alpha value is -3.58. The van der Waals surface area contributed by atoms with Crippen LogP contribution in [-0.4, -0.2) is 4.57 Å². The molecule has 0 radical (unpaired) electrons. The van der Waals surface area contributed by atoms with Crippen molar-refractivity contribution >= 4 is 10.9 Å². The van der Waals surface area contributed by atoms with Gasteiger partial charge in [0.05, 0.1) is 5.52 Å². The van der Waals surface area contributed by atoms with Crippen molar-refractivity contribution < 1.29 is 0 Å². The van der Waals surface area contributed by atoms with Crippen LogP contribution in [0.2, 0.25) is 0 Å². The molecule has 1 aliphatic carbocycles. The topological polar surface area (TPSA) is 4.93 Å². The highest BCUT2D eigenvalue weighted by Gasteiger charge is 2.27. The first kappa shape index (κ1) is 16.4. The number of nitrogens with zero attached hydrogens (tertiary/aromatic N) is 1. The van der Waals surface area contributed by atoms with Crippen LogP contribution < -0.4 is 0 Å². The van der Waals surface area contributed by atoms with Crippen LogP contribution in [0.15, 0.2) is 97.1 Å². The fourth-order valence-corrected chi connectivity index (χ4v) is 4.72. The molecule has 0 spiro atoms. The van der Waals surface area contributed by atoms with E-state index in [4.69, 9.17) is 0 Å². The van der Waals surface area contributed by atoms with Gasteiger partial charge in [0.15, 0.2) is 0 Å². The summed E-state index contributed by atoms with van der Waals surface area (Å²) in [4.78, 5) is 0. The van der Waals surface area contributed by atoms with Gasteiger partial charge in [0.2, 0.25) is 0 Å². The average Bonchev–Trinajstić information content (AvgIpc) is 3.28. The molecule has 4 aromatic carbocycles. The summed E-state index contributed by atoms with van der Waals surface area (Å²) in [6.07, 6.45) is 0.966. The zero-order valence-corrected chi connectivity index (χ0v) is 16.4. The summed E-state index contributed by atoms with van der Waals surface area (Å²) in [5, 5.41) is 1.34. The minimum atomic E-state index is 0.966. The number of para-hydroxylation sites is 2. The van der Waals surface area contributed by atoms with Crippen LogP contribution in [0.4, 0.5) is 0 Å². The van der Waals surface area contributed by atoms with Gasteiger partial charge in [-0.3, -0.25) is 0 Å². The Bertz CT molecular complexity index is 1360. The number of hydrogen-bond acceptors (Lipinski definition) is 0. The highest BCUT2D eigenvalue weighted by Crippen LogP contribution is 2.45. The fraction of sp³-hybridized carbons (Fsp3) is 0.0714. The van der Waals surface area contributed by atoms with Crippen molar-refractivity contribution in [2.45, 2.75) is 13.3 Å². The molecule has 0 atom stereocenters. The Morgan fingerprint density at radius 1 is 0.690 bits per heavy atom. The number of aryl methyl sites for hydroxylation is 1. The predicted octanol–water partition coefficient (Wildman–Crippen LogP) is 7.18. The van der Waals surface area contributed by atoms with Gasteiger partial charge in [-0.1, -0.05) is 84.4 Å². The lowest BCUT2D eigenvalue weighted by atomic mass is 9.97. The van der Waals surface area contributed by atoms with E-state index in [1.54, 1.807) is 0 Å². The number of fused-ring (bicyclic) bond motifs is 5. The molecule has 0 bridgehead atoms. The summed E-state index contributed by atoms with van der Waals surface area (Å²) in [7, 11) is 0. The maximum atomic E-state index is 2.44. The van der Waals surface area contributed by atoms with Gasteiger partial charge in [0.25, 0.3) is 0 Å². The van der Waals surface area contributed by atoms with E-state index >= 15 is 0 Å². The van der Waals surface area contributed by atoms with Gasteiger partial charge in [0, 0.05) is 28.8 Å². The first-order valence-electron chi connectivity index (χ1n) is 10.2. The summed E-state index contributed by atoms with van der Waals surface area (Å²) in [5.74, 6) is 0. The third-order valence-electron chi connectivity index (χ3n) is 6.10. The Morgan fingerprint density at radius 2 is 1.41 bits per heavy atom. The Balaban J connectivity index is 1.56. The summed E-state index contributed by atoms with van der Waals surface area (Å²) in [6, 6.07) is 35.3. The van der Waals surface area contributed by atoms with E-state index in [0.29, 0.717) is 0 Å². The molecule has 1 nitrogen and oxygen atoms in total. The monoisotopic (exact) mass is 371 g/mol. The summed E-state index contributed by atoms with van der Waals surface area (Å²) < 4.78 is 2.44. The van der Waals surface area contributed by atoms with E-state index in [1.807, 2.05) is 0 Å². The standard InChI is InChI=1S/C28H21N/c1-19-11-13-20(14-12-19)21-15-16-24-22(17-21)18-27-28(24)25-9-5-6-10-26(25)29(27)23-7-3-2-4-8-23/h2-17H,18H2,1H3. The van der Waals surface area contributed by atoms with Gasteiger partial charge in [-0.15, -0.1) is 0 Å². The van der Waals surface area contributed by atoms with Gasteiger partial charge in [0.1, 0.15) is 0 Å². The number of hydrogen-bond donors (Lipinski definition) is 0. The maximum Gasteiger partial charge on any atom is 0.0538 e. The van der Waals surface area contributed by atoms with Crippen LogP contribution in [-0.2, 0) is 6.42 Å². The lowest BCUT2D eigenvalue weighted by Gasteiger charge is -2.10. The summed E-state index contributed by atoms with van der Waals surface area (Å²) in [5.41, 5.74) is 12.0. The molecule has 1 heteroatoms. The highest BCUT2D eigenvalue weighted by atomic mass is 15.0. The zero-order valence-electron chi connectivity index (χ0n) is 16.4. The smallest absolute Gasteiger partial charge is 0.0538 e. The van der Waals surface area contributed by atoms with Crippen molar-refractivity contribution in [3.05, 3.63) is 114 Å². The molecule has 29 heavy (non-hydrogen) atoms. The Morgan fingerprint density at radius 3 is 2.24 bits per heavy atom. The SMILES string of the molecule is Cc1ccc(-c2ccc3c(c2)Cc2c-3c3ccccc3n2-c2ccccc2)cc1. The normalized spacial score (nSPS) is 12.2. The van der Waals surface area contributed by atoms with Crippen LogP contribution in [0.25, 0.3) is 38.8 Å². The molecule has 0 amide bonds. The second kappa shape index (κ2) is 6.22. The second-order valence-corrected chi connectivity index (χ2v) is 7.92. The van der Waals surface area contributed by atoms with Crippen molar-refractivity contribution in [1.29, 1.82) is 0 Å². The molecule has 1 heterocycles. The fourth-order valence-electron chi connectivity index (χ4n) is 4.72. The zero-order chi connectivity index (χ0) is 19.4. The van der Waals surface area contributed by atoms with Gasteiger partial charge in [-0.25, -0.2) is 0 Å². The lowest BCUT2D eigenvalue weighted by molar-refractivity contribution is 1.01. The van der Waals surface area contributed by atoms with Crippen LogP contribution in [0.5, 0.6) is 0 Å². The Labute approximate surface area is 170 Å². The van der Waals surface area contributed by atoms with Gasteiger partial charge >= 0.3 is 0 Å². The molecule has 138 valence electrons. The van der Waals surface area contributed by atoms with Crippen molar-refractivity contribution in [3.8, 4) is 27.9 Å². The molecule has 0 aliphatic heterocycles. The second-order valence-electron chi connectivity index (χ2n) is 7.92. The van der Waals surface area contributed by atoms with Crippen LogP contribution >= 0.6 is 0 Å².